The van der Waals surface area contributed by atoms with Gasteiger partial charge >= 0.3 is 5.97 Å². The first-order valence-corrected chi connectivity index (χ1v) is 6.55. The van der Waals surface area contributed by atoms with Crippen LogP contribution in [-0.2, 0) is 9.53 Å². The maximum atomic E-state index is 11.5. The molecule has 0 N–H and O–H groups in total. The van der Waals surface area contributed by atoms with Gasteiger partial charge in [0.25, 0.3) is 0 Å². The molecule has 0 aromatic carbocycles. The number of fused-ring (bicyclic) bond motifs is 1. The summed E-state index contributed by atoms with van der Waals surface area (Å²) in [5, 5.41) is 0. The lowest BCUT2D eigenvalue weighted by Crippen LogP contribution is -2.44. The second-order valence-electron chi connectivity index (χ2n) is 5.19. The SMILES string of the molecule is CC1CC2CCC2(C)C1OC(=O)C(S)S. The van der Waals surface area contributed by atoms with Crippen LogP contribution in [0, 0.1) is 17.3 Å². The third-order valence-electron chi connectivity index (χ3n) is 4.24. The molecule has 0 heterocycles. The van der Waals surface area contributed by atoms with Crippen LogP contribution < -0.4 is 0 Å². The number of carbonyl (C=O) groups is 1. The van der Waals surface area contributed by atoms with Crippen LogP contribution in [0.1, 0.15) is 33.1 Å². The number of thiol groups is 2. The third kappa shape index (κ3) is 1.80. The second-order valence-corrected chi connectivity index (χ2v) is 6.63. The van der Waals surface area contributed by atoms with Crippen molar-refractivity contribution in [2.45, 2.75) is 43.8 Å². The summed E-state index contributed by atoms with van der Waals surface area (Å²) in [6.07, 6.45) is 3.74. The summed E-state index contributed by atoms with van der Waals surface area (Å²) in [6.45, 7) is 4.42. The molecule has 2 fully saturated rings. The minimum Gasteiger partial charge on any atom is -0.460 e. The van der Waals surface area contributed by atoms with Crippen LogP contribution in [0.2, 0.25) is 0 Å². The molecule has 2 rings (SSSR count). The fraction of sp³-hybridized carbons (Fsp3) is 0.909. The average Bonchev–Trinajstić information content (AvgIpc) is 2.31. The first-order valence-electron chi connectivity index (χ1n) is 5.52. The molecular formula is C11H18O2S2. The molecule has 86 valence electrons. The van der Waals surface area contributed by atoms with Crippen LogP contribution in [0.15, 0.2) is 0 Å². The maximum Gasteiger partial charge on any atom is 0.329 e. The van der Waals surface area contributed by atoms with Crippen molar-refractivity contribution in [1.82, 2.24) is 0 Å². The van der Waals surface area contributed by atoms with Gasteiger partial charge < -0.3 is 4.74 Å². The fourth-order valence-corrected chi connectivity index (χ4v) is 3.35. The first kappa shape index (κ1) is 11.6. The number of hydrogen-bond acceptors (Lipinski definition) is 4. The van der Waals surface area contributed by atoms with Gasteiger partial charge in [-0.1, -0.05) is 13.8 Å². The largest absolute Gasteiger partial charge is 0.460 e. The molecule has 4 atom stereocenters. The molecule has 0 aliphatic heterocycles. The number of hydrogen-bond donors (Lipinski definition) is 2. The Morgan fingerprint density at radius 1 is 1.53 bits per heavy atom. The van der Waals surface area contributed by atoms with Crippen LogP contribution in [0.3, 0.4) is 0 Å². The van der Waals surface area contributed by atoms with Gasteiger partial charge in [0.05, 0.1) is 0 Å². The Morgan fingerprint density at radius 3 is 2.60 bits per heavy atom. The molecule has 0 aromatic rings. The molecule has 2 aliphatic rings. The third-order valence-corrected chi connectivity index (χ3v) is 4.66. The number of rotatable bonds is 2. The van der Waals surface area contributed by atoms with Crippen molar-refractivity contribution in [2.24, 2.45) is 17.3 Å². The van der Waals surface area contributed by atoms with Gasteiger partial charge in [0, 0.05) is 5.41 Å². The van der Waals surface area contributed by atoms with E-state index in [1.807, 2.05) is 0 Å². The van der Waals surface area contributed by atoms with Gasteiger partial charge in [0.15, 0.2) is 0 Å². The lowest BCUT2D eigenvalue weighted by Gasteiger charge is -2.45. The molecule has 0 spiro atoms. The summed E-state index contributed by atoms with van der Waals surface area (Å²) in [7, 11) is 0. The van der Waals surface area contributed by atoms with E-state index < -0.39 is 4.58 Å². The highest BCUT2D eigenvalue weighted by molar-refractivity contribution is 8.00. The molecule has 4 unspecified atom stereocenters. The highest BCUT2D eigenvalue weighted by Gasteiger charge is 2.57. The Balaban J connectivity index is 2.05. The van der Waals surface area contributed by atoms with Crippen molar-refractivity contribution in [1.29, 1.82) is 0 Å². The van der Waals surface area contributed by atoms with E-state index in [1.54, 1.807) is 0 Å². The molecule has 2 saturated carbocycles. The molecule has 2 aliphatic carbocycles. The van der Waals surface area contributed by atoms with Crippen LogP contribution in [0.5, 0.6) is 0 Å². The van der Waals surface area contributed by atoms with E-state index in [0.717, 1.165) is 5.92 Å². The van der Waals surface area contributed by atoms with Crippen molar-refractivity contribution in [3.05, 3.63) is 0 Å². The smallest absolute Gasteiger partial charge is 0.329 e. The molecule has 0 radical (unpaired) electrons. The quantitative estimate of drug-likeness (QED) is 0.445. The van der Waals surface area contributed by atoms with E-state index in [0.29, 0.717) is 5.92 Å². The molecule has 0 bridgehead atoms. The van der Waals surface area contributed by atoms with Crippen molar-refractivity contribution < 1.29 is 9.53 Å². The monoisotopic (exact) mass is 246 g/mol. The molecule has 0 amide bonds. The molecule has 0 saturated heterocycles. The molecule has 2 nitrogen and oxygen atoms in total. The molecule has 15 heavy (non-hydrogen) atoms. The zero-order chi connectivity index (χ0) is 11.2. The Morgan fingerprint density at radius 2 is 2.20 bits per heavy atom. The summed E-state index contributed by atoms with van der Waals surface area (Å²) in [4.78, 5) is 11.5. The van der Waals surface area contributed by atoms with E-state index >= 15 is 0 Å². The van der Waals surface area contributed by atoms with Crippen molar-refractivity contribution in [3.8, 4) is 0 Å². The Hall–Kier alpha value is 0.170. The Bertz CT molecular complexity index is 280. The lowest BCUT2D eigenvalue weighted by atomic mass is 9.62. The Labute approximate surface area is 102 Å². The highest BCUT2D eigenvalue weighted by Crippen LogP contribution is 2.60. The molecule has 0 aromatic heterocycles. The van der Waals surface area contributed by atoms with Crippen LogP contribution >= 0.6 is 25.3 Å². The van der Waals surface area contributed by atoms with Gasteiger partial charge in [0.2, 0.25) is 0 Å². The summed E-state index contributed by atoms with van der Waals surface area (Å²) >= 11 is 7.96. The van der Waals surface area contributed by atoms with Gasteiger partial charge in [-0.2, -0.15) is 25.3 Å². The summed E-state index contributed by atoms with van der Waals surface area (Å²) < 4.78 is 4.92. The number of esters is 1. The zero-order valence-corrected chi connectivity index (χ0v) is 10.9. The lowest BCUT2D eigenvalue weighted by molar-refractivity contribution is -0.159. The van der Waals surface area contributed by atoms with E-state index in [4.69, 9.17) is 4.74 Å². The minimum absolute atomic E-state index is 0.0746. The van der Waals surface area contributed by atoms with Gasteiger partial charge in [-0.05, 0) is 31.1 Å². The summed E-state index contributed by atoms with van der Waals surface area (Å²) in [5.41, 5.74) is 0.228. The van der Waals surface area contributed by atoms with E-state index in [-0.39, 0.29) is 17.5 Å². The molecule has 4 heteroatoms. The first-order chi connectivity index (χ1) is 6.95. The topological polar surface area (TPSA) is 26.3 Å². The average molecular weight is 246 g/mol. The van der Waals surface area contributed by atoms with E-state index in [1.165, 1.54) is 19.3 Å². The predicted octanol–water partition coefficient (Wildman–Crippen LogP) is 2.54. The standard InChI is InChI=1S/C11H18O2S2/c1-6-5-7-3-4-11(7,2)8(6)13-9(12)10(14)15/h6-8,10,14-15H,3-5H2,1-2H3. The van der Waals surface area contributed by atoms with Crippen LogP contribution in [0.25, 0.3) is 0 Å². The fourth-order valence-electron chi connectivity index (χ4n) is 3.22. The second kappa shape index (κ2) is 3.88. The van der Waals surface area contributed by atoms with Gasteiger partial charge in [-0.15, -0.1) is 0 Å². The van der Waals surface area contributed by atoms with Crippen molar-refractivity contribution in [3.63, 3.8) is 0 Å². The van der Waals surface area contributed by atoms with Gasteiger partial charge in [-0.3, -0.25) is 0 Å². The predicted molar refractivity (Wildman–Crippen MR) is 66.3 cm³/mol. The summed E-state index contributed by atoms with van der Waals surface area (Å²) in [5.74, 6) is 0.933. The maximum absolute atomic E-state index is 11.5. The molecular weight excluding hydrogens is 228 g/mol. The van der Waals surface area contributed by atoms with Gasteiger partial charge in [0.1, 0.15) is 10.7 Å². The van der Waals surface area contributed by atoms with Crippen LogP contribution in [-0.4, -0.2) is 16.7 Å². The van der Waals surface area contributed by atoms with Crippen molar-refractivity contribution in [2.75, 3.05) is 0 Å². The van der Waals surface area contributed by atoms with E-state index in [2.05, 4.69) is 39.1 Å². The highest BCUT2D eigenvalue weighted by atomic mass is 32.2. The normalized spacial score (nSPS) is 43.7. The Kier molecular flexibility index (Phi) is 3.01. The van der Waals surface area contributed by atoms with Crippen LogP contribution in [0.4, 0.5) is 0 Å². The van der Waals surface area contributed by atoms with Crippen molar-refractivity contribution >= 4 is 31.2 Å². The van der Waals surface area contributed by atoms with E-state index in [9.17, 15) is 4.79 Å². The minimum atomic E-state index is -0.611. The van der Waals surface area contributed by atoms with Gasteiger partial charge in [-0.25, -0.2) is 4.79 Å². The summed E-state index contributed by atoms with van der Waals surface area (Å²) in [6, 6.07) is 0. The number of ether oxygens (including phenoxy) is 1. The zero-order valence-electron chi connectivity index (χ0n) is 9.14. The number of carbonyl (C=O) groups excluding carboxylic acids is 1.